The molecule has 0 saturated carbocycles. The first-order valence-corrected chi connectivity index (χ1v) is 12.4. The second kappa shape index (κ2) is 10.6. The minimum absolute atomic E-state index is 0.0965. The van der Waals surface area contributed by atoms with Crippen LogP contribution in [0.15, 0.2) is 48.7 Å². The Balaban J connectivity index is 1.35. The summed E-state index contributed by atoms with van der Waals surface area (Å²) in [5.74, 6) is 0.742. The van der Waals surface area contributed by atoms with Gasteiger partial charge in [-0.25, -0.2) is 0 Å². The van der Waals surface area contributed by atoms with Gasteiger partial charge in [-0.2, -0.15) is 0 Å². The molecule has 2 aromatic carbocycles. The summed E-state index contributed by atoms with van der Waals surface area (Å²) in [7, 11) is 0. The smallest absolute Gasteiger partial charge is 0.251 e. The topological polar surface area (TPSA) is 57.5 Å². The lowest BCUT2D eigenvalue weighted by molar-refractivity contribution is 0.0937. The van der Waals surface area contributed by atoms with Crippen LogP contribution < -0.4 is 5.32 Å². The van der Waals surface area contributed by atoms with Gasteiger partial charge in [-0.05, 0) is 61.6 Å². The standard InChI is InChI=1S/C27H34ClN3O2/c1-19(2)25-6-3-4-14-30(25)15-5-13-29-26(32)21-9-10-22-18-31(27(33)24(22)16-21)17-20-7-11-23(28)12-8-20/h7-12,16,18-19,25,33H,3-6,13-15,17H2,1-2H3,(H,29,32). The van der Waals surface area contributed by atoms with Crippen LogP contribution >= 0.6 is 11.6 Å². The number of likely N-dealkylation sites (tertiary alicyclic amines) is 1. The molecule has 1 aliphatic heterocycles. The number of nitrogens with one attached hydrogen (secondary N) is 1. The molecule has 1 aromatic heterocycles. The highest BCUT2D eigenvalue weighted by molar-refractivity contribution is 6.30. The highest BCUT2D eigenvalue weighted by Gasteiger charge is 2.24. The van der Waals surface area contributed by atoms with Crippen LogP contribution in [0.2, 0.25) is 5.02 Å². The van der Waals surface area contributed by atoms with Crippen molar-refractivity contribution in [1.29, 1.82) is 0 Å². The van der Waals surface area contributed by atoms with Crippen LogP contribution in [-0.4, -0.2) is 46.2 Å². The number of carbonyl (C=O) groups is 1. The van der Waals surface area contributed by atoms with Crippen LogP contribution in [-0.2, 0) is 6.54 Å². The Hall–Kier alpha value is -2.50. The van der Waals surface area contributed by atoms with E-state index in [4.69, 9.17) is 11.6 Å². The molecule has 0 bridgehead atoms. The van der Waals surface area contributed by atoms with Gasteiger partial charge in [0.2, 0.25) is 0 Å². The lowest BCUT2D eigenvalue weighted by Crippen LogP contribution is -2.43. The zero-order valence-electron chi connectivity index (χ0n) is 19.6. The molecule has 1 fully saturated rings. The SMILES string of the molecule is CC(C)C1CCCCN1CCCNC(=O)c1ccc2cn(Cc3ccc(Cl)cc3)c(O)c2c1. The van der Waals surface area contributed by atoms with E-state index in [1.54, 1.807) is 10.6 Å². The fourth-order valence-corrected chi connectivity index (χ4v) is 5.06. The number of amides is 1. The molecule has 176 valence electrons. The molecule has 1 saturated heterocycles. The lowest BCUT2D eigenvalue weighted by atomic mass is 9.92. The molecule has 1 aliphatic rings. The third-order valence-electron chi connectivity index (χ3n) is 6.73. The van der Waals surface area contributed by atoms with Gasteiger partial charge in [0.15, 0.2) is 5.88 Å². The molecule has 0 radical (unpaired) electrons. The molecule has 6 heteroatoms. The maximum atomic E-state index is 12.7. The Morgan fingerprint density at radius 3 is 2.73 bits per heavy atom. The second-order valence-corrected chi connectivity index (χ2v) is 9.90. The summed E-state index contributed by atoms with van der Waals surface area (Å²) < 4.78 is 1.79. The predicted octanol–water partition coefficient (Wildman–Crippen LogP) is 5.68. The quantitative estimate of drug-likeness (QED) is 0.419. The number of carbonyl (C=O) groups excluding carboxylic acids is 1. The van der Waals surface area contributed by atoms with E-state index in [2.05, 4.69) is 24.1 Å². The number of hydrogen-bond acceptors (Lipinski definition) is 3. The summed E-state index contributed by atoms with van der Waals surface area (Å²) >= 11 is 5.96. The van der Waals surface area contributed by atoms with Crippen molar-refractivity contribution in [3.8, 4) is 5.88 Å². The number of halogens is 1. The van der Waals surface area contributed by atoms with Crippen molar-refractivity contribution in [1.82, 2.24) is 14.8 Å². The van der Waals surface area contributed by atoms with Gasteiger partial charge in [0.25, 0.3) is 5.91 Å². The number of aromatic hydroxyl groups is 1. The Kier molecular flexibility index (Phi) is 7.61. The molecule has 0 spiro atoms. The van der Waals surface area contributed by atoms with Crippen molar-refractivity contribution in [2.75, 3.05) is 19.6 Å². The third-order valence-corrected chi connectivity index (χ3v) is 6.98. The van der Waals surface area contributed by atoms with E-state index in [0.29, 0.717) is 41.0 Å². The van der Waals surface area contributed by atoms with Gasteiger partial charge >= 0.3 is 0 Å². The van der Waals surface area contributed by atoms with E-state index in [-0.39, 0.29) is 11.8 Å². The van der Waals surface area contributed by atoms with Gasteiger partial charge < -0.3 is 19.9 Å². The molecule has 2 heterocycles. The molecule has 3 aromatic rings. The first-order valence-electron chi connectivity index (χ1n) is 12.0. The van der Waals surface area contributed by atoms with Crippen molar-refractivity contribution in [3.05, 3.63) is 64.8 Å². The average Bonchev–Trinajstić information content (AvgIpc) is 3.12. The van der Waals surface area contributed by atoms with Gasteiger partial charge in [-0.15, -0.1) is 0 Å². The highest BCUT2D eigenvalue weighted by Crippen LogP contribution is 2.29. The van der Waals surface area contributed by atoms with Crippen molar-refractivity contribution in [2.45, 2.75) is 52.1 Å². The predicted molar refractivity (Wildman–Crippen MR) is 135 cm³/mol. The average molecular weight is 468 g/mol. The van der Waals surface area contributed by atoms with Gasteiger partial charge in [0.05, 0.1) is 6.54 Å². The van der Waals surface area contributed by atoms with Gasteiger partial charge in [-0.3, -0.25) is 4.79 Å². The van der Waals surface area contributed by atoms with Crippen molar-refractivity contribution < 1.29 is 9.90 Å². The Labute approximate surface area is 201 Å². The molecule has 1 unspecified atom stereocenters. The summed E-state index contributed by atoms with van der Waals surface area (Å²) in [6, 6.07) is 13.7. The van der Waals surface area contributed by atoms with E-state index < -0.39 is 0 Å². The minimum Gasteiger partial charge on any atom is -0.494 e. The lowest BCUT2D eigenvalue weighted by Gasteiger charge is -2.38. The highest BCUT2D eigenvalue weighted by atomic mass is 35.5. The minimum atomic E-state index is -0.0965. The zero-order valence-corrected chi connectivity index (χ0v) is 20.3. The van der Waals surface area contributed by atoms with Crippen molar-refractivity contribution in [3.63, 3.8) is 0 Å². The Bertz CT molecular complexity index is 1090. The van der Waals surface area contributed by atoms with Crippen LogP contribution in [0.1, 0.15) is 55.5 Å². The third kappa shape index (κ3) is 5.71. The number of benzene rings is 2. The number of rotatable bonds is 8. The van der Waals surface area contributed by atoms with Crippen LogP contribution in [0.5, 0.6) is 5.88 Å². The van der Waals surface area contributed by atoms with Crippen LogP contribution in [0, 0.1) is 5.92 Å². The summed E-state index contributed by atoms with van der Waals surface area (Å²) in [4.78, 5) is 15.3. The fourth-order valence-electron chi connectivity index (χ4n) is 4.93. The normalized spacial score (nSPS) is 17.0. The van der Waals surface area contributed by atoms with E-state index in [1.165, 1.54) is 25.8 Å². The molecule has 2 N–H and O–H groups in total. The number of fused-ring (bicyclic) bond motifs is 1. The zero-order chi connectivity index (χ0) is 23.4. The van der Waals surface area contributed by atoms with Crippen LogP contribution in [0.4, 0.5) is 0 Å². The second-order valence-electron chi connectivity index (χ2n) is 9.46. The first kappa shape index (κ1) is 23.7. The molecule has 1 amide bonds. The van der Waals surface area contributed by atoms with Crippen molar-refractivity contribution in [2.24, 2.45) is 5.92 Å². The molecular formula is C27H34ClN3O2. The summed E-state index contributed by atoms with van der Waals surface area (Å²) in [6.07, 6.45) is 6.74. The number of piperidine rings is 1. The summed E-state index contributed by atoms with van der Waals surface area (Å²) in [5.41, 5.74) is 1.61. The first-order chi connectivity index (χ1) is 15.9. The van der Waals surface area contributed by atoms with Crippen molar-refractivity contribution >= 4 is 28.3 Å². The van der Waals surface area contributed by atoms with E-state index in [0.717, 1.165) is 23.9 Å². The van der Waals surface area contributed by atoms with Crippen LogP contribution in [0.25, 0.3) is 10.8 Å². The van der Waals surface area contributed by atoms with E-state index in [9.17, 15) is 9.90 Å². The number of hydrogen-bond donors (Lipinski definition) is 2. The number of aromatic nitrogens is 1. The molecule has 0 aliphatic carbocycles. The van der Waals surface area contributed by atoms with Gasteiger partial charge in [0.1, 0.15) is 0 Å². The monoisotopic (exact) mass is 467 g/mol. The van der Waals surface area contributed by atoms with Gasteiger partial charge in [-0.1, -0.05) is 50.1 Å². The molecule has 1 atom stereocenters. The van der Waals surface area contributed by atoms with Gasteiger partial charge in [0, 0.05) is 46.7 Å². The fraction of sp³-hybridized carbons (Fsp3) is 0.444. The number of nitrogens with zero attached hydrogens (tertiary/aromatic N) is 2. The molecule has 5 nitrogen and oxygen atoms in total. The largest absolute Gasteiger partial charge is 0.494 e. The summed E-state index contributed by atoms with van der Waals surface area (Å²) in [5, 5.41) is 16.1. The molecular weight excluding hydrogens is 434 g/mol. The van der Waals surface area contributed by atoms with E-state index >= 15 is 0 Å². The maximum absolute atomic E-state index is 12.7. The maximum Gasteiger partial charge on any atom is 0.251 e. The molecule has 33 heavy (non-hydrogen) atoms. The molecule has 4 rings (SSSR count). The Morgan fingerprint density at radius 2 is 1.97 bits per heavy atom. The van der Waals surface area contributed by atoms with Crippen LogP contribution in [0.3, 0.4) is 0 Å². The van der Waals surface area contributed by atoms with E-state index in [1.807, 2.05) is 42.6 Å². The Morgan fingerprint density at radius 1 is 1.18 bits per heavy atom. The summed E-state index contributed by atoms with van der Waals surface area (Å²) in [6.45, 7) is 7.99.